The summed E-state index contributed by atoms with van der Waals surface area (Å²) >= 11 is 3.31. The van der Waals surface area contributed by atoms with Gasteiger partial charge in [-0.1, -0.05) is 40.2 Å². The maximum Gasteiger partial charge on any atom is 0.325 e. The molecule has 1 N–H and O–H groups in total. The standard InChI is InChI=1S/C16H13BrFNO3/c17-12-7-5-11(6-8-12)10-22-15(20)9-19-16(21)13-3-1-2-4-14(13)18/h1-8H,9-10H2,(H,19,21). The molecule has 0 aliphatic rings. The third-order valence-electron chi connectivity index (χ3n) is 2.82. The van der Waals surface area contributed by atoms with Gasteiger partial charge in [0.2, 0.25) is 0 Å². The Labute approximate surface area is 135 Å². The summed E-state index contributed by atoms with van der Waals surface area (Å²) in [5.74, 6) is -1.88. The summed E-state index contributed by atoms with van der Waals surface area (Å²) in [5.41, 5.74) is 0.722. The van der Waals surface area contributed by atoms with Gasteiger partial charge in [0.25, 0.3) is 5.91 Å². The predicted molar refractivity (Wildman–Crippen MR) is 82.7 cm³/mol. The van der Waals surface area contributed by atoms with E-state index in [1.54, 1.807) is 6.07 Å². The maximum absolute atomic E-state index is 13.4. The molecule has 0 fully saturated rings. The molecule has 0 radical (unpaired) electrons. The lowest BCUT2D eigenvalue weighted by Gasteiger charge is -2.07. The Morgan fingerprint density at radius 1 is 1.09 bits per heavy atom. The van der Waals surface area contributed by atoms with Crippen molar-refractivity contribution < 1.29 is 18.7 Å². The second-order valence-electron chi connectivity index (χ2n) is 4.45. The van der Waals surface area contributed by atoms with Gasteiger partial charge in [0.1, 0.15) is 19.0 Å². The Morgan fingerprint density at radius 2 is 1.77 bits per heavy atom. The molecule has 2 rings (SSSR count). The summed E-state index contributed by atoms with van der Waals surface area (Å²) in [6.07, 6.45) is 0. The molecule has 4 nitrogen and oxygen atoms in total. The van der Waals surface area contributed by atoms with Crippen LogP contribution in [0.5, 0.6) is 0 Å². The van der Waals surface area contributed by atoms with Crippen LogP contribution in [0, 0.1) is 5.82 Å². The van der Waals surface area contributed by atoms with Gasteiger partial charge in [-0.05, 0) is 29.8 Å². The monoisotopic (exact) mass is 365 g/mol. The number of halogens is 2. The third-order valence-corrected chi connectivity index (χ3v) is 3.35. The molecule has 0 saturated carbocycles. The second-order valence-corrected chi connectivity index (χ2v) is 5.37. The summed E-state index contributed by atoms with van der Waals surface area (Å²) in [4.78, 5) is 23.3. The molecule has 0 saturated heterocycles. The van der Waals surface area contributed by atoms with Crippen LogP contribution >= 0.6 is 15.9 Å². The summed E-state index contributed by atoms with van der Waals surface area (Å²) < 4.78 is 19.3. The highest BCUT2D eigenvalue weighted by molar-refractivity contribution is 9.10. The van der Waals surface area contributed by atoms with E-state index in [9.17, 15) is 14.0 Å². The van der Waals surface area contributed by atoms with E-state index in [0.29, 0.717) is 0 Å². The number of carbonyl (C=O) groups excluding carboxylic acids is 2. The Morgan fingerprint density at radius 3 is 2.45 bits per heavy atom. The van der Waals surface area contributed by atoms with Crippen molar-refractivity contribution in [3.63, 3.8) is 0 Å². The van der Waals surface area contributed by atoms with Crippen molar-refractivity contribution in [1.82, 2.24) is 5.32 Å². The molecule has 6 heteroatoms. The number of benzene rings is 2. The van der Waals surface area contributed by atoms with Crippen LogP contribution in [0.3, 0.4) is 0 Å². The Kier molecular flexibility index (Phi) is 5.66. The molecule has 0 bridgehead atoms. The SMILES string of the molecule is O=C(CNC(=O)c1ccccc1F)OCc1ccc(Br)cc1. The fourth-order valence-corrected chi connectivity index (χ4v) is 1.95. The van der Waals surface area contributed by atoms with Crippen LogP contribution in [-0.2, 0) is 16.1 Å². The van der Waals surface area contributed by atoms with Crippen LogP contribution in [-0.4, -0.2) is 18.4 Å². The van der Waals surface area contributed by atoms with Crippen molar-refractivity contribution in [2.75, 3.05) is 6.54 Å². The molecular formula is C16H13BrFNO3. The van der Waals surface area contributed by atoms with Gasteiger partial charge < -0.3 is 10.1 Å². The van der Waals surface area contributed by atoms with Crippen molar-refractivity contribution in [3.8, 4) is 0 Å². The van der Waals surface area contributed by atoms with Crippen LogP contribution in [0.25, 0.3) is 0 Å². The zero-order chi connectivity index (χ0) is 15.9. The quantitative estimate of drug-likeness (QED) is 0.828. The van der Waals surface area contributed by atoms with E-state index < -0.39 is 17.7 Å². The number of hydrogen-bond donors (Lipinski definition) is 1. The average Bonchev–Trinajstić information content (AvgIpc) is 2.52. The van der Waals surface area contributed by atoms with Crippen LogP contribution in [0.1, 0.15) is 15.9 Å². The molecule has 0 aromatic heterocycles. The zero-order valence-corrected chi connectivity index (χ0v) is 13.1. The molecule has 0 aliphatic heterocycles. The van der Waals surface area contributed by atoms with Gasteiger partial charge in [-0.2, -0.15) is 0 Å². The summed E-state index contributed by atoms with van der Waals surface area (Å²) in [6.45, 7) is -0.203. The Balaban J connectivity index is 1.79. The van der Waals surface area contributed by atoms with E-state index >= 15 is 0 Å². The number of nitrogens with one attached hydrogen (secondary N) is 1. The minimum Gasteiger partial charge on any atom is -0.460 e. The fraction of sp³-hybridized carbons (Fsp3) is 0.125. The van der Waals surface area contributed by atoms with E-state index in [4.69, 9.17) is 4.74 Å². The number of hydrogen-bond acceptors (Lipinski definition) is 3. The fourth-order valence-electron chi connectivity index (χ4n) is 1.69. The first-order valence-electron chi connectivity index (χ1n) is 6.49. The van der Waals surface area contributed by atoms with E-state index in [2.05, 4.69) is 21.2 Å². The molecule has 2 aromatic rings. The lowest BCUT2D eigenvalue weighted by atomic mass is 10.2. The van der Waals surface area contributed by atoms with Crippen molar-refractivity contribution in [3.05, 3.63) is 69.9 Å². The van der Waals surface area contributed by atoms with Crippen LogP contribution in [0.4, 0.5) is 4.39 Å². The maximum atomic E-state index is 13.4. The van der Waals surface area contributed by atoms with Gasteiger partial charge in [-0.15, -0.1) is 0 Å². The molecule has 0 aliphatic carbocycles. The molecule has 2 aromatic carbocycles. The zero-order valence-electron chi connectivity index (χ0n) is 11.5. The van der Waals surface area contributed by atoms with Gasteiger partial charge in [0, 0.05) is 4.47 Å². The van der Waals surface area contributed by atoms with E-state index in [1.807, 2.05) is 24.3 Å². The molecule has 114 valence electrons. The van der Waals surface area contributed by atoms with Crippen LogP contribution in [0.2, 0.25) is 0 Å². The second kappa shape index (κ2) is 7.70. The number of ether oxygens (including phenoxy) is 1. The van der Waals surface area contributed by atoms with Gasteiger partial charge >= 0.3 is 5.97 Å². The molecule has 0 spiro atoms. The third kappa shape index (κ3) is 4.66. The summed E-state index contributed by atoms with van der Waals surface area (Å²) in [7, 11) is 0. The minimum atomic E-state index is -0.654. The van der Waals surface area contributed by atoms with Gasteiger partial charge in [-0.25, -0.2) is 4.39 Å². The number of carbonyl (C=O) groups is 2. The number of esters is 1. The smallest absolute Gasteiger partial charge is 0.325 e. The molecule has 22 heavy (non-hydrogen) atoms. The molecular weight excluding hydrogens is 353 g/mol. The van der Waals surface area contributed by atoms with Crippen LogP contribution in [0.15, 0.2) is 53.0 Å². The highest BCUT2D eigenvalue weighted by Crippen LogP contribution is 2.11. The first-order chi connectivity index (χ1) is 10.6. The average molecular weight is 366 g/mol. The summed E-state index contributed by atoms with van der Waals surface area (Å²) in [5, 5.41) is 2.32. The van der Waals surface area contributed by atoms with Crippen molar-refractivity contribution >= 4 is 27.8 Å². The highest BCUT2D eigenvalue weighted by atomic mass is 79.9. The van der Waals surface area contributed by atoms with Crippen LogP contribution < -0.4 is 5.32 Å². The largest absolute Gasteiger partial charge is 0.460 e. The van der Waals surface area contributed by atoms with E-state index in [-0.39, 0.29) is 18.7 Å². The van der Waals surface area contributed by atoms with E-state index in [1.165, 1.54) is 18.2 Å². The molecule has 0 unspecified atom stereocenters. The van der Waals surface area contributed by atoms with Crippen molar-refractivity contribution in [2.24, 2.45) is 0 Å². The first kappa shape index (κ1) is 16.2. The summed E-state index contributed by atoms with van der Waals surface area (Å²) in [6, 6.07) is 12.9. The van der Waals surface area contributed by atoms with E-state index in [0.717, 1.165) is 10.0 Å². The number of amides is 1. The predicted octanol–water partition coefficient (Wildman–Crippen LogP) is 3.06. The van der Waals surface area contributed by atoms with Crippen molar-refractivity contribution in [2.45, 2.75) is 6.61 Å². The lowest BCUT2D eigenvalue weighted by molar-refractivity contribution is -0.143. The van der Waals surface area contributed by atoms with Gasteiger partial charge in [-0.3, -0.25) is 9.59 Å². The molecule has 0 heterocycles. The number of rotatable bonds is 5. The van der Waals surface area contributed by atoms with Gasteiger partial charge in [0.15, 0.2) is 0 Å². The molecule has 1 amide bonds. The normalized spacial score (nSPS) is 10.1. The lowest BCUT2D eigenvalue weighted by Crippen LogP contribution is -2.31. The first-order valence-corrected chi connectivity index (χ1v) is 7.28. The van der Waals surface area contributed by atoms with Gasteiger partial charge in [0.05, 0.1) is 5.56 Å². The minimum absolute atomic E-state index is 0.108. The Hall–Kier alpha value is -2.21. The Bertz CT molecular complexity index is 673. The molecule has 0 atom stereocenters. The van der Waals surface area contributed by atoms with Crippen molar-refractivity contribution in [1.29, 1.82) is 0 Å². The highest BCUT2D eigenvalue weighted by Gasteiger charge is 2.12. The topological polar surface area (TPSA) is 55.4 Å².